The van der Waals surface area contributed by atoms with Gasteiger partial charge in [0.1, 0.15) is 5.82 Å². The van der Waals surface area contributed by atoms with E-state index in [1.54, 1.807) is 30.7 Å². The summed E-state index contributed by atoms with van der Waals surface area (Å²) in [6.07, 6.45) is 6.40. The van der Waals surface area contributed by atoms with E-state index in [0.29, 0.717) is 24.1 Å². The second kappa shape index (κ2) is 8.59. The van der Waals surface area contributed by atoms with E-state index in [0.717, 1.165) is 18.9 Å². The molecule has 0 atom stereocenters. The Hall–Kier alpha value is -3.00. The molecule has 142 valence electrons. The van der Waals surface area contributed by atoms with Gasteiger partial charge in [0.15, 0.2) is 0 Å². The molecule has 8 nitrogen and oxygen atoms in total. The predicted molar refractivity (Wildman–Crippen MR) is 99.7 cm³/mol. The molecule has 2 heterocycles. The molecule has 0 saturated carbocycles. The number of carbonyl (C=O) groups is 2. The molecule has 2 aromatic rings. The van der Waals surface area contributed by atoms with E-state index >= 15 is 0 Å². The molecular weight excluding hydrogens is 348 g/mol. The third-order valence-corrected chi connectivity index (χ3v) is 4.56. The molecule has 1 saturated heterocycles. The van der Waals surface area contributed by atoms with Crippen molar-refractivity contribution in [3.05, 3.63) is 47.9 Å². The lowest BCUT2D eigenvalue weighted by Crippen LogP contribution is -2.38. The van der Waals surface area contributed by atoms with Crippen LogP contribution in [0.2, 0.25) is 0 Å². The number of rotatable bonds is 6. The van der Waals surface area contributed by atoms with Crippen molar-refractivity contribution in [3.8, 4) is 0 Å². The van der Waals surface area contributed by atoms with Gasteiger partial charge in [-0.05, 0) is 36.6 Å². The van der Waals surface area contributed by atoms with Crippen LogP contribution in [0.5, 0.6) is 0 Å². The zero-order chi connectivity index (χ0) is 19.2. The standard InChI is InChI=1S/C19H22N4O4/c1-27-12-13-8-15(19(25)26)10-16(9-13)22-18(24)14-2-6-23(7-3-14)17-11-20-4-5-21-17/h4-5,8-11,14H,2-3,6-7,12H2,1H3,(H,22,24)(H,25,26). The summed E-state index contributed by atoms with van der Waals surface area (Å²) >= 11 is 0. The fraction of sp³-hybridized carbons (Fsp3) is 0.368. The first-order chi connectivity index (χ1) is 13.1. The zero-order valence-corrected chi connectivity index (χ0v) is 15.1. The molecule has 2 N–H and O–H groups in total. The molecule has 1 amide bonds. The highest BCUT2D eigenvalue weighted by Crippen LogP contribution is 2.23. The minimum atomic E-state index is -1.04. The topological polar surface area (TPSA) is 105 Å². The number of aromatic carboxylic acids is 1. The van der Waals surface area contributed by atoms with Gasteiger partial charge in [0, 0.05) is 44.2 Å². The smallest absolute Gasteiger partial charge is 0.335 e. The van der Waals surface area contributed by atoms with Crippen molar-refractivity contribution in [2.24, 2.45) is 5.92 Å². The van der Waals surface area contributed by atoms with Crippen molar-refractivity contribution < 1.29 is 19.4 Å². The maximum atomic E-state index is 12.6. The van der Waals surface area contributed by atoms with Crippen molar-refractivity contribution in [1.29, 1.82) is 0 Å². The van der Waals surface area contributed by atoms with Gasteiger partial charge in [-0.2, -0.15) is 0 Å². The molecule has 1 aromatic heterocycles. The lowest BCUT2D eigenvalue weighted by atomic mass is 9.95. The predicted octanol–water partition coefficient (Wildman–Crippen LogP) is 2.18. The van der Waals surface area contributed by atoms with Crippen molar-refractivity contribution in [2.45, 2.75) is 19.4 Å². The summed E-state index contributed by atoms with van der Waals surface area (Å²) in [6, 6.07) is 4.75. The van der Waals surface area contributed by atoms with E-state index in [2.05, 4.69) is 20.2 Å². The van der Waals surface area contributed by atoms with Crippen molar-refractivity contribution in [1.82, 2.24) is 9.97 Å². The number of carboxylic acid groups (broad SMARTS) is 1. The third-order valence-electron chi connectivity index (χ3n) is 4.56. The van der Waals surface area contributed by atoms with Gasteiger partial charge in [0.05, 0.1) is 18.4 Å². The van der Waals surface area contributed by atoms with E-state index < -0.39 is 5.97 Å². The Labute approximate surface area is 157 Å². The van der Waals surface area contributed by atoms with Crippen LogP contribution in [0, 0.1) is 5.92 Å². The molecule has 0 aliphatic carbocycles. The van der Waals surface area contributed by atoms with Crippen LogP contribution in [-0.2, 0) is 16.1 Å². The number of ether oxygens (including phenoxy) is 1. The van der Waals surface area contributed by atoms with E-state index in [-0.39, 0.29) is 24.0 Å². The molecule has 0 unspecified atom stereocenters. The number of nitrogens with one attached hydrogen (secondary N) is 1. The number of carboxylic acids is 1. The van der Waals surface area contributed by atoms with E-state index in [4.69, 9.17) is 4.74 Å². The lowest BCUT2D eigenvalue weighted by Gasteiger charge is -2.31. The molecule has 0 radical (unpaired) electrons. The van der Waals surface area contributed by atoms with Gasteiger partial charge in [0.2, 0.25) is 5.91 Å². The second-order valence-electron chi connectivity index (χ2n) is 6.47. The number of methoxy groups -OCH3 is 1. The largest absolute Gasteiger partial charge is 0.478 e. The number of benzene rings is 1. The Kier molecular flexibility index (Phi) is 5.97. The average molecular weight is 370 g/mol. The molecule has 3 rings (SSSR count). The number of amides is 1. The maximum Gasteiger partial charge on any atom is 0.335 e. The molecule has 1 aromatic carbocycles. The van der Waals surface area contributed by atoms with Crippen LogP contribution in [0.1, 0.15) is 28.8 Å². The quantitative estimate of drug-likeness (QED) is 0.803. The first-order valence-corrected chi connectivity index (χ1v) is 8.75. The second-order valence-corrected chi connectivity index (χ2v) is 6.47. The van der Waals surface area contributed by atoms with Crippen LogP contribution < -0.4 is 10.2 Å². The summed E-state index contributed by atoms with van der Waals surface area (Å²) in [5.74, 6) is -0.451. The SMILES string of the molecule is COCc1cc(NC(=O)C2CCN(c3cnccn3)CC2)cc(C(=O)O)c1. The molecule has 1 fully saturated rings. The van der Waals surface area contributed by atoms with Gasteiger partial charge in [0.25, 0.3) is 0 Å². The number of anilines is 2. The molecule has 1 aliphatic rings. The molecular formula is C19H22N4O4. The van der Waals surface area contributed by atoms with Gasteiger partial charge >= 0.3 is 5.97 Å². The highest BCUT2D eigenvalue weighted by molar-refractivity contribution is 5.95. The van der Waals surface area contributed by atoms with Crippen LogP contribution in [0.15, 0.2) is 36.8 Å². The van der Waals surface area contributed by atoms with E-state index in [9.17, 15) is 14.7 Å². The molecule has 0 bridgehead atoms. The number of hydrogen-bond donors (Lipinski definition) is 2. The number of piperidine rings is 1. The van der Waals surface area contributed by atoms with E-state index in [1.165, 1.54) is 13.2 Å². The Morgan fingerprint density at radius 1 is 1.26 bits per heavy atom. The average Bonchev–Trinajstić information content (AvgIpc) is 2.69. The van der Waals surface area contributed by atoms with Crippen molar-refractivity contribution in [3.63, 3.8) is 0 Å². The van der Waals surface area contributed by atoms with Crippen LogP contribution in [-0.4, -0.2) is 47.2 Å². The van der Waals surface area contributed by atoms with Gasteiger partial charge in [-0.3, -0.25) is 9.78 Å². The third kappa shape index (κ3) is 4.79. The van der Waals surface area contributed by atoms with Crippen LogP contribution >= 0.6 is 0 Å². The maximum absolute atomic E-state index is 12.6. The lowest BCUT2D eigenvalue weighted by molar-refractivity contribution is -0.120. The van der Waals surface area contributed by atoms with Crippen molar-refractivity contribution >= 4 is 23.4 Å². The number of nitrogens with zero attached hydrogens (tertiary/aromatic N) is 3. The molecule has 27 heavy (non-hydrogen) atoms. The summed E-state index contributed by atoms with van der Waals surface area (Å²) in [7, 11) is 1.54. The number of aromatic nitrogens is 2. The van der Waals surface area contributed by atoms with Crippen LogP contribution in [0.3, 0.4) is 0 Å². The highest BCUT2D eigenvalue weighted by Gasteiger charge is 2.26. The van der Waals surface area contributed by atoms with Crippen LogP contribution in [0.4, 0.5) is 11.5 Å². The van der Waals surface area contributed by atoms with E-state index in [1.807, 2.05) is 0 Å². The Morgan fingerprint density at radius 3 is 2.67 bits per heavy atom. The van der Waals surface area contributed by atoms with Gasteiger partial charge in [-0.15, -0.1) is 0 Å². The Morgan fingerprint density at radius 2 is 2.04 bits per heavy atom. The van der Waals surface area contributed by atoms with Crippen molar-refractivity contribution in [2.75, 3.05) is 30.4 Å². The minimum Gasteiger partial charge on any atom is -0.478 e. The van der Waals surface area contributed by atoms with Gasteiger partial charge < -0.3 is 20.1 Å². The molecule has 0 spiro atoms. The summed E-state index contributed by atoms with van der Waals surface area (Å²) in [5.41, 5.74) is 1.30. The normalized spacial score (nSPS) is 14.8. The summed E-state index contributed by atoms with van der Waals surface area (Å²) in [4.78, 5) is 34.4. The van der Waals surface area contributed by atoms with Gasteiger partial charge in [-0.1, -0.05) is 0 Å². The summed E-state index contributed by atoms with van der Waals surface area (Å²) < 4.78 is 5.07. The summed E-state index contributed by atoms with van der Waals surface area (Å²) in [6.45, 7) is 1.72. The highest BCUT2D eigenvalue weighted by atomic mass is 16.5. The zero-order valence-electron chi connectivity index (χ0n) is 15.1. The number of carbonyl (C=O) groups excluding carboxylic acids is 1. The first-order valence-electron chi connectivity index (χ1n) is 8.75. The number of hydrogen-bond acceptors (Lipinski definition) is 6. The van der Waals surface area contributed by atoms with Crippen LogP contribution in [0.25, 0.3) is 0 Å². The first kappa shape index (κ1) is 18.8. The fourth-order valence-corrected chi connectivity index (χ4v) is 3.21. The monoisotopic (exact) mass is 370 g/mol. The molecule has 8 heteroatoms. The Bertz CT molecular complexity index is 805. The van der Waals surface area contributed by atoms with Gasteiger partial charge in [-0.25, -0.2) is 9.78 Å². The minimum absolute atomic E-state index is 0.0975. The molecule has 1 aliphatic heterocycles. The Balaban J connectivity index is 1.63. The fourth-order valence-electron chi connectivity index (χ4n) is 3.21. The summed E-state index contributed by atoms with van der Waals surface area (Å²) in [5, 5.41) is 12.1.